The van der Waals surface area contributed by atoms with Crippen molar-refractivity contribution in [1.29, 1.82) is 0 Å². The minimum atomic E-state index is 0.560. The monoisotopic (exact) mass is 340 g/mol. The molecule has 0 saturated carbocycles. The zero-order valence-corrected chi connectivity index (χ0v) is 14.5. The Morgan fingerprint density at radius 2 is 1.58 bits per heavy atom. The minimum absolute atomic E-state index is 0.560. The van der Waals surface area contributed by atoms with E-state index in [4.69, 9.17) is 4.84 Å². The number of nitrogens with zero attached hydrogens (tertiary/aromatic N) is 1. The Hall–Kier alpha value is -3.04. The number of rotatable bonds is 3. The van der Waals surface area contributed by atoms with Gasteiger partial charge in [-0.2, -0.15) is 0 Å². The number of fused-ring (bicyclic) bond motifs is 5. The summed E-state index contributed by atoms with van der Waals surface area (Å²) in [6, 6.07) is 23.9. The molecule has 0 saturated heterocycles. The lowest BCUT2D eigenvalue weighted by Gasteiger charge is -2.23. The lowest BCUT2D eigenvalue weighted by Crippen LogP contribution is -2.31. The highest BCUT2D eigenvalue weighted by Crippen LogP contribution is 2.33. The molecule has 0 unspecified atom stereocenters. The molecule has 0 radical (unpaired) electrons. The molecule has 0 atom stereocenters. The number of benzene rings is 4. The van der Waals surface area contributed by atoms with Gasteiger partial charge in [-0.05, 0) is 43.9 Å². The van der Waals surface area contributed by atoms with Crippen LogP contribution in [-0.2, 0) is 11.4 Å². The fourth-order valence-electron chi connectivity index (χ4n) is 3.78. The molecule has 0 amide bonds. The Morgan fingerprint density at radius 3 is 2.42 bits per heavy atom. The zero-order chi connectivity index (χ0) is 17.3. The number of hydrogen-bond donors (Lipinski definition) is 1. The van der Waals surface area contributed by atoms with E-state index in [0.717, 1.165) is 13.1 Å². The van der Waals surface area contributed by atoms with Crippen LogP contribution in [0.15, 0.2) is 79.1 Å². The van der Waals surface area contributed by atoms with Gasteiger partial charge in [0.25, 0.3) is 0 Å². The predicted octanol–water partition coefficient (Wildman–Crippen LogP) is 4.95. The molecule has 0 aliphatic carbocycles. The van der Waals surface area contributed by atoms with E-state index in [1.807, 2.05) is 17.5 Å². The third-order valence-corrected chi connectivity index (χ3v) is 5.07. The van der Waals surface area contributed by atoms with Crippen molar-refractivity contribution in [2.24, 2.45) is 0 Å². The van der Waals surface area contributed by atoms with E-state index in [-0.39, 0.29) is 0 Å². The van der Waals surface area contributed by atoms with Gasteiger partial charge < -0.3 is 5.32 Å². The summed E-state index contributed by atoms with van der Waals surface area (Å²) in [5, 5.41) is 12.8. The molecule has 5 rings (SSSR count). The molecular weight excluding hydrogens is 320 g/mol. The second-order valence-corrected chi connectivity index (χ2v) is 6.65. The SMILES string of the molecule is C1=CN(OCc2cc3c4ccccc4ccc3c3ccccc23)CCN1. The average molecular weight is 340 g/mol. The van der Waals surface area contributed by atoms with E-state index in [0.29, 0.717) is 6.61 Å². The van der Waals surface area contributed by atoms with Gasteiger partial charge in [-0.25, -0.2) is 0 Å². The lowest BCUT2D eigenvalue weighted by atomic mass is 9.94. The number of hydroxylamine groups is 2. The van der Waals surface area contributed by atoms with Gasteiger partial charge in [0.05, 0.1) is 6.54 Å². The van der Waals surface area contributed by atoms with Crippen molar-refractivity contribution in [2.45, 2.75) is 6.61 Å². The van der Waals surface area contributed by atoms with Crippen LogP contribution in [0.25, 0.3) is 32.3 Å². The van der Waals surface area contributed by atoms with Crippen LogP contribution in [0.5, 0.6) is 0 Å². The van der Waals surface area contributed by atoms with E-state index >= 15 is 0 Å². The van der Waals surface area contributed by atoms with Crippen LogP contribution in [0.2, 0.25) is 0 Å². The van der Waals surface area contributed by atoms with E-state index in [2.05, 4.69) is 72.0 Å². The molecule has 0 fully saturated rings. The third kappa shape index (κ3) is 2.57. The van der Waals surface area contributed by atoms with Crippen LogP contribution in [-0.4, -0.2) is 18.2 Å². The zero-order valence-electron chi connectivity index (χ0n) is 14.5. The largest absolute Gasteiger partial charge is 0.388 e. The second-order valence-electron chi connectivity index (χ2n) is 6.65. The summed E-state index contributed by atoms with van der Waals surface area (Å²) >= 11 is 0. The maximum Gasteiger partial charge on any atom is 0.101 e. The Kier molecular flexibility index (Phi) is 3.72. The van der Waals surface area contributed by atoms with Gasteiger partial charge in [-0.3, -0.25) is 9.90 Å². The number of hydrogen-bond acceptors (Lipinski definition) is 3. The molecule has 3 heteroatoms. The highest BCUT2D eigenvalue weighted by molar-refractivity contribution is 6.18. The normalized spacial score (nSPS) is 14.2. The van der Waals surface area contributed by atoms with Gasteiger partial charge in [-0.15, -0.1) is 0 Å². The number of nitrogens with one attached hydrogen (secondary N) is 1. The summed E-state index contributed by atoms with van der Waals surface area (Å²) in [6.07, 6.45) is 3.87. The molecule has 26 heavy (non-hydrogen) atoms. The quantitative estimate of drug-likeness (QED) is 0.534. The predicted molar refractivity (Wildman–Crippen MR) is 108 cm³/mol. The van der Waals surface area contributed by atoms with Crippen molar-refractivity contribution >= 4 is 32.3 Å². The van der Waals surface area contributed by atoms with Crippen molar-refractivity contribution in [3.8, 4) is 0 Å². The van der Waals surface area contributed by atoms with Crippen molar-refractivity contribution in [2.75, 3.05) is 13.1 Å². The topological polar surface area (TPSA) is 24.5 Å². The summed E-state index contributed by atoms with van der Waals surface area (Å²) in [5.41, 5.74) is 1.22. The fraction of sp³-hybridized carbons (Fsp3) is 0.130. The maximum atomic E-state index is 6.04. The molecule has 1 N–H and O–H groups in total. The third-order valence-electron chi connectivity index (χ3n) is 5.07. The molecule has 0 bridgehead atoms. The van der Waals surface area contributed by atoms with Crippen LogP contribution >= 0.6 is 0 Å². The molecule has 0 aromatic heterocycles. The molecule has 1 heterocycles. The van der Waals surface area contributed by atoms with E-state index in [1.165, 1.54) is 37.9 Å². The van der Waals surface area contributed by atoms with E-state index in [1.54, 1.807) is 0 Å². The first-order chi connectivity index (χ1) is 12.9. The van der Waals surface area contributed by atoms with Gasteiger partial charge in [0.15, 0.2) is 0 Å². The van der Waals surface area contributed by atoms with Crippen LogP contribution in [0.4, 0.5) is 0 Å². The first-order valence-corrected chi connectivity index (χ1v) is 9.02. The molecule has 1 aliphatic heterocycles. The fourth-order valence-corrected chi connectivity index (χ4v) is 3.78. The molecule has 0 spiro atoms. The van der Waals surface area contributed by atoms with Gasteiger partial charge in [-0.1, -0.05) is 60.7 Å². The van der Waals surface area contributed by atoms with Crippen molar-refractivity contribution < 1.29 is 4.84 Å². The maximum absolute atomic E-state index is 6.04. The van der Waals surface area contributed by atoms with Crippen LogP contribution in [0, 0.1) is 0 Å². The molecule has 4 aromatic rings. The molecule has 1 aliphatic rings. The van der Waals surface area contributed by atoms with E-state index < -0.39 is 0 Å². The standard InChI is InChI=1S/C23H20N2O/c1-2-6-19-17(5-1)9-10-22-21-8-4-3-7-20(21)18(15-23(19)22)16-26-25-13-11-24-12-14-25/h1-11,13,15,24H,12,14,16H2. The van der Waals surface area contributed by atoms with Crippen molar-refractivity contribution in [3.63, 3.8) is 0 Å². The van der Waals surface area contributed by atoms with Crippen molar-refractivity contribution in [3.05, 3.63) is 84.7 Å². The smallest absolute Gasteiger partial charge is 0.101 e. The summed E-state index contributed by atoms with van der Waals surface area (Å²) in [6.45, 7) is 2.31. The Bertz CT molecular complexity index is 1130. The Balaban J connectivity index is 1.68. The summed E-state index contributed by atoms with van der Waals surface area (Å²) in [5.74, 6) is 0. The van der Waals surface area contributed by atoms with Gasteiger partial charge >= 0.3 is 0 Å². The van der Waals surface area contributed by atoms with Crippen LogP contribution in [0.1, 0.15) is 5.56 Å². The highest BCUT2D eigenvalue weighted by Gasteiger charge is 2.11. The highest BCUT2D eigenvalue weighted by atomic mass is 16.7. The first-order valence-electron chi connectivity index (χ1n) is 9.02. The van der Waals surface area contributed by atoms with Gasteiger partial charge in [0.1, 0.15) is 6.61 Å². The Morgan fingerprint density at radius 1 is 0.808 bits per heavy atom. The lowest BCUT2D eigenvalue weighted by molar-refractivity contribution is -0.133. The summed E-state index contributed by atoms with van der Waals surface area (Å²) in [4.78, 5) is 6.04. The van der Waals surface area contributed by atoms with E-state index in [9.17, 15) is 0 Å². The van der Waals surface area contributed by atoms with Crippen LogP contribution < -0.4 is 5.32 Å². The van der Waals surface area contributed by atoms with Gasteiger partial charge in [0, 0.05) is 18.9 Å². The molecule has 3 nitrogen and oxygen atoms in total. The van der Waals surface area contributed by atoms with Gasteiger partial charge in [0.2, 0.25) is 0 Å². The minimum Gasteiger partial charge on any atom is -0.388 e. The molecular formula is C23H20N2O. The second kappa shape index (κ2) is 6.36. The first kappa shape index (κ1) is 15.2. The van der Waals surface area contributed by atoms with Crippen molar-refractivity contribution in [1.82, 2.24) is 10.4 Å². The summed E-state index contributed by atoms with van der Waals surface area (Å²) in [7, 11) is 0. The molecule has 128 valence electrons. The molecule has 4 aromatic carbocycles. The average Bonchev–Trinajstić information content (AvgIpc) is 2.72. The van der Waals surface area contributed by atoms with Crippen LogP contribution in [0.3, 0.4) is 0 Å². The Labute approximate surface area is 152 Å². The summed E-state index contributed by atoms with van der Waals surface area (Å²) < 4.78 is 0.